The number of aryl methyl sites for hydroxylation is 1. The van der Waals surface area contributed by atoms with E-state index in [1.54, 1.807) is 6.20 Å². The summed E-state index contributed by atoms with van der Waals surface area (Å²) in [4.78, 5) is 4.10. The summed E-state index contributed by atoms with van der Waals surface area (Å²) in [6, 6.07) is 1.86. The average Bonchev–Trinajstić information content (AvgIpc) is 2.09. The van der Waals surface area contributed by atoms with Crippen LogP contribution in [0.3, 0.4) is 0 Å². The largest absolute Gasteiger partial charge is 0.397 e. The van der Waals surface area contributed by atoms with Gasteiger partial charge in [0.15, 0.2) is 0 Å². The molecule has 0 spiro atoms. The molecule has 0 amide bonds. The lowest BCUT2D eigenvalue weighted by Crippen LogP contribution is -2.05. The van der Waals surface area contributed by atoms with Crippen molar-refractivity contribution in [2.75, 3.05) is 23.5 Å². The zero-order valence-corrected chi connectivity index (χ0v) is 10.4. The number of nitrogens with zero attached hydrogens (tertiary/aromatic N) is 1. The molecule has 1 rings (SSSR count). The molecule has 0 radical (unpaired) electrons. The van der Waals surface area contributed by atoms with Crippen molar-refractivity contribution in [3.05, 3.63) is 17.8 Å². The highest BCUT2D eigenvalue weighted by atomic mass is 32.2. The number of sulfone groups is 1. The Hall–Kier alpha value is -0.750. The van der Waals surface area contributed by atoms with Crippen LogP contribution in [-0.4, -0.2) is 31.2 Å². The molecular weight excluding hydrogens is 232 g/mol. The predicted octanol–water partition coefficient (Wildman–Crippen LogP) is 1.11. The number of nitrogen functional groups attached to an aromatic ring is 1. The van der Waals surface area contributed by atoms with E-state index in [4.69, 9.17) is 5.73 Å². The van der Waals surface area contributed by atoms with Crippen molar-refractivity contribution < 1.29 is 8.42 Å². The average molecular weight is 246 g/mol. The lowest BCUT2D eigenvalue weighted by Gasteiger charge is -2.03. The number of hydrogen-bond acceptors (Lipinski definition) is 5. The van der Waals surface area contributed by atoms with Gasteiger partial charge in [-0.3, -0.25) is 0 Å². The highest BCUT2D eigenvalue weighted by molar-refractivity contribution is 8.00. The molecule has 0 aliphatic carbocycles. The van der Waals surface area contributed by atoms with E-state index in [1.165, 1.54) is 18.0 Å². The number of hydrogen-bond donors (Lipinski definition) is 1. The lowest BCUT2D eigenvalue weighted by atomic mass is 10.3. The molecular formula is C9H14N2O2S2. The van der Waals surface area contributed by atoms with Crippen molar-refractivity contribution in [3.8, 4) is 0 Å². The minimum absolute atomic E-state index is 0.169. The summed E-state index contributed by atoms with van der Waals surface area (Å²) in [5.74, 6) is 0.692. The van der Waals surface area contributed by atoms with Gasteiger partial charge in [-0.15, -0.1) is 11.8 Å². The summed E-state index contributed by atoms with van der Waals surface area (Å²) in [5, 5.41) is 0.811. The van der Waals surface area contributed by atoms with E-state index in [0.29, 0.717) is 11.4 Å². The Balaban J connectivity index is 2.55. The topological polar surface area (TPSA) is 73.0 Å². The van der Waals surface area contributed by atoms with Crippen molar-refractivity contribution in [2.24, 2.45) is 0 Å². The van der Waals surface area contributed by atoms with Crippen LogP contribution in [0.15, 0.2) is 17.3 Å². The van der Waals surface area contributed by atoms with Gasteiger partial charge in [0.2, 0.25) is 0 Å². The number of anilines is 1. The quantitative estimate of drug-likeness (QED) is 0.806. The lowest BCUT2D eigenvalue weighted by molar-refractivity contribution is 0.603. The smallest absolute Gasteiger partial charge is 0.148 e. The third-order valence-corrected chi connectivity index (χ3v) is 3.96. The number of aromatic nitrogens is 1. The van der Waals surface area contributed by atoms with E-state index < -0.39 is 9.84 Å². The molecule has 0 atom stereocenters. The molecule has 1 aromatic rings. The van der Waals surface area contributed by atoms with Gasteiger partial charge in [-0.1, -0.05) is 0 Å². The molecule has 0 fully saturated rings. The third kappa shape index (κ3) is 4.53. The van der Waals surface area contributed by atoms with Crippen molar-refractivity contribution >= 4 is 27.3 Å². The minimum Gasteiger partial charge on any atom is -0.397 e. The molecule has 0 aliphatic rings. The van der Waals surface area contributed by atoms with Crippen LogP contribution < -0.4 is 5.73 Å². The maximum absolute atomic E-state index is 10.9. The van der Waals surface area contributed by atoms with Crippen LogP contribution in [0.2, 0.25) is 0 Å². The van der Waals surface area contributed by atoms with Crippen LogP contribution in [0.4, 0.5) is 5.69 Å². The molecule has 0 aromatic carbocycles. The SMILES string of the molecule is Cc1cc(SCCS(C)(=O)=O)ncc1N. The van der Waals surface area contributed by atoms with Crippen LogP contribution in [-0.2, 0) is 9.84 Å². The second kappa shape index (κ2) is 4.85. The van der Waals surface area contributed by atoms with Gasteiger partial charge in [0.05, 0.1) is 22.7 Å². The Morgan fingerprint density at radius 3 is 2.73 bits per heavy atom. The first kappa shape index (κ1) is 12.3. The summed E-state index contributed by atoms with van der Waals surface area (Å²) < 4.78 is 21.8. The molecule has 0 aliphatic heterocycles. The summed E-state index contributed by atoms with van der Waals surface area (Å²) in [7, 11) is -2.89. The molecule has 84 valence electrons. The molecule has 2 N–H and O–H groups in total. The van der Waals surface area contributed by atoms with Crippen LogP contribution in [0.5, 0.6) is 0 Å². The molecule has 0 bridgehead atoms. The van der Waals surface area contributed by atoms with E-state index in [9.17, 15) is 8.42 Å². The molecule has 1 heterocycles. The highest BCUT2D eigenvalue weighted by Crippen LogP contribution is 2.19. The molecule has 6 heteroatoms. The van der Waals surface area contributed by atoms with Crippen LogP contribution in [0.1, 0.15) is 5.56 Å². The Morgan fingerprint density at radius 2 is 2.20 bits per heavy atom. The first-order valence-electron chi connectivity index (χ1n) is 4.41. The number of pyridine rings is 1. The highest BCUT2D eigenvalue weighted by Gasteiger charge is 2.04. The number of nitrogens with two attached hydrogens (primary N) is 1. The van der Waals surface area contributed by atoms with Gasteiger partial charge < -0.3 is 5.73 Å². The van der Waals surface area contributed by atoms with Crippen LogP contribution in [0.25, 0.3) is 0 Å². The van der Waals surface area contributed by atoms with Crippen molar-refractivity contribution in [2.45, 2.75) is 11.9 Å². The molecule has 1 aromatic heterocycles. The van der Waals surface area contributed by atoms with E-state index >= 15 is 0 Å². The van der Waals surface area contributed by atoms with Crippen LogP contribution in [0, 0.1) is 6.92 Å². The maximum atomic E-state index is 10.9. The van der Waals surface area contributed by atoms with Crippen molar-refractivity contribution in [3.63, 3.8) is 0 Å². The number of rotatable bonds is 4. The van der Waals surface area contributed by atoms with Crippen molar-refractivity contribution in [1.29, 1.82) is 0 Å². The number of thioether (sulfide) groups is 1. The van der Waals surface area contributed by atoms with Gasteiger partial charge in [-0.05, 0) is 18.6 Å². The fraction of sp³-hybridized carbons (Fsp3) is 0.444. The summed E-state index contributed by atoms with van der Waals surface area (Å²) in [6.45, 7) is 1.90. The van der Waals surface area contributed by atoms with E-state index in [-0.39, 0.29) is 5.75 Å². The summed E-state index contributed by atoms with van der Waals surface area (Å²) in [6.07, 6.45) is 2.83. The molecule has 0 saturated heterocycles. The molecule has 15 heavy (non-hydrogen) atoms. The molecule has 0 saturated carbocycles. The van der Waals surface area contributed by atoms with Gasteiger partial charge in [0, 0.05) is 12.0 Å². The fourth-order valence-electron chi connectivity index (χ4n) is 0.917. The summed E-state index contributed by atoms with van der Waals surface area (Å²) in [5.41, 5.74) is 7.24. The monoisotopic (exact) mass is 246 g/mol. The molecule has 4 nitrogen and oxygen atoms in total. The van der Waals surface area contributed by atoms with Gasteiger partial charge >= 0.3 is 0 Å². The first-order chi connectivity index (χ1) is 6.88. The normalized spacial score (nSPS) is 11.6. The van der Waals surface area contributed by atoms with Gasteiger partial charge in [0.1, 0.15) is 9.84 Å². The van der Waals surface area contributed by atoms with Crippen LogP contribution >= 0.6 is 11.8 Å². The second-order valence-corrected chi connectivity index (χ2v) is 6.73. The van der Waals surface area contributed by atoms with Gasteiger partial charge in [0.25, 0.3) is 0 Å². The maximum Gasteiger partial charge on any atom is 0.148 e. The zero-order chi connectivity index (χ0) is 11.5. The van der Waals surface area contributed by atoms with E-state index in [1.807, 2.05) is 13.0 Å². The van der Waals surface area contributed by atoms with E-state index in [0.717, 1.165) is 10.6 Å². The Morgan fingerprint density at radius 1 is 1.53 bits per heavy atom. The van der Waals surface area contributed by atoms with Gasteiger partial charge in [-0.25, -0.2) is 13.4 Å². The predicted molar refractivity (Wildman–Crippen MR) is 63.8 cm³/mol. The molecule has 0 unspecified atom stereocenters. The Labute approximate surface area is 94.2 Å². The standard InChI is InChI=1S/C9H14N2O2S2/c1-7-5-9(11-6-8(7)10)14-3-4-15(2,12)13/h5-6H,3-4,10H2,1-2H3. The summed E-state index contributed by atoms with van der Waals surface area (Å²) >= 11 is 1.42. The van der Waals surface area contributed by atoms with Crippen molar-refractivity contribution in [1.82, 2.24) is 4.98 Å². The minimum atomic E-state index is -2.89. The van der Waals surface area contributed by atoms with E-state index in [2.05, 4.69) is 4.98 Å². The third-order valence-electron chi connectivity index (χ3n) is 1.83. The second-order valence-electron chi connectivity index (χ2n) is 3.36. The first-order valence-corrected chi connectivity index (χ1v) is 7.46. The zero-order valence-electron chi connectivity index (χ0n) is 8.73. The fourth-order valence-corrected chi connectivity index (χ4v) is 3.06. The van der Waals surface area contributed by atoms with Gasteiger partial charge in [-0.2, -0.15) is 0 Å². The Kier molecular flexibility index (Phi) is 3.98. The Bertz CT molecular complexity index is 443.